The summed E-state index contributed by atoms with van der Waals surface area (Å²) in [4.78, 5) is 0.704. The number of hydrogen-bond donors (Lipinski definition) is 1. The molecule has 1 aromatic rings. The monoisotopic (exact) mass is 317 g/mol. The van der Waals surface area contributed by atoms with Crippen LogP contribution < -0.4 is 5.32 Å². The van der Waals surface area contributed by atoms with Gasteiger partial charge >= 0.3 is 0 Å². The average molecular weight is 318 g/mol. The molecule has 0 saturated carbocycles. The van der Waals surface area contributed by atoms with Gasteiger partial charge in [-0.1, -0.05) is 0 Å². The predicted molar refractivity (Wildman–Crippen MR) is 75.2 cm³/mol. The largest absolute Gasteiger partial charge is 0.316 e. The molecular weight excluding hydrogens is 301 g/mol. The van der Waals surface area contributed by atoms with E-state index in [2.05, 4.69) is 27.3 Å². The van der Waals surface area contributed by atoms with E-state index in [4.69, 9.17) is 0 Å². The first-order valence-corrected chi connectivity index (χ1v) is 7.95. The summed E-state index contributed by atoms with van der Waals surface area (Å²) >= 11 is 4.89. The molecule has 1 saturated heterocycles. The maximum absolute atomic E-state index is 13.8. The highest BCUT2D eigenvalue weighted by atomic mass is 79.9. The van der Waals surface area contributed by atoms with E-state index in [0.29, 0.717) is 10.8 Å². The van der Waals surface area contributed by atoms with Crippen LogP contribution in [-0.4, -0.2) is 19.3 Å². The van der Waals surface area contributed by atoms with Crippen LogP contribution in [0.3, 0.4) is 0 Å². The summed E-state index contributed by atoms with van der Waals surface area (Å²) in [7, 11) is 0. The summed E-state index contributed by atoms with van der Waals surface area (Å²) in [5.74, 6) is 0.542. The Hall–Kier alpha value is -0.0600. The lowest BCUT2D eigenvalue weighted by molar-refractivity contribution is 0.375. The zero-order valence-corrected chi connectivity index (χ0v) is 12.3. The molecule has 4 heteroatoms. The van der Waals surface area contributed by atoms with Gasteiger partial charge in [0.05, 0.1) is 4.90 Å². The fourth-order valence-electron chi connectivity index (χ4n) is 2.36. The molecule has 1 unspecified atom stereocenters. The molecule has 0 aromatic heterocycles. The molecule has 1 aliphatic rings. The fraction of sp³-hybridized carbons (Fsp3) is 0.538. The molecule has 17 heavy (non-hydrogen) atoms. The lowest BCUT2D eigenvalue weighted by Crippen LogP contribution is -2.30. The van der Waals surface area contributed by atoms with E-state index in [1.54, 1.807) is 6.07 Å². The minimum atomic E-state index is -0.106. The van der Waals surface area contributed by atoms with Crippen molar-refractivity contribution >= 4 is 27.7 Å². The van der Waals surface area contributed by atoms with Gasteiger partial charge in [0.1, 0.15) is 5.82 Å². The third-order valence-electron chi connectivity index (χ3n) is 3.19. The quantitative estimate of drug-likeness (QED) is 0.850. The van der Waals surface area contributed by atoms with Crippen molar-refractivity contribution in [3.63, 3.8) is 0 Å². The maximum Gasteiger partial charge on any atom is 0.138 e. The second kappa shape index (κ2) is 6.21. The molecule has 1 fully saturated rings. The molecule has 0 aliphatic carbocycles. The zero-order chi connectivity index (χ0) is 12.3. The van der Waals surface area contributed by atoms with Crippen molar-refractivity contribution < 1.29 is 4.39 Å². The minimum absolute atomic E-state index is 0.106. The zero-order valence-electron chi connectivity index (χ0n) is 9.93. The normalized spacial score (nSPS) is 20.5. The average Bonchev–Trinajstić information content (AvgIpc) is 2.30. The number of rotatable bonds is 3. The topological polar surface area (TPSA) is 12.0 Å². The van der Waals surface area contributed by atoms with Gasteiger partial charge in [-0.2, -0.15) is 0 Å². The lowest BCUT2D eigenvalue weighted by Gasteiger charge is -2.23. The Labute approximate surface area is 115 Å². The smallest absolute Gasteiger partial charge is 0.138 e. The highest BCUT2D eigenvalue weighted by Gasteiger charge is 2.15. The van der Waals surface area contributed by atoms with E-state index >= 15 is 0 Å². The van der Waals surface area contributed by atoms with E-state index in [-0.39, 0.29) is 5.82 Å². The van der Waals surface area contributed by atoms with Crippen LogP contribution in [0.15, 0.2) is 21.5 Å². The van der Waals surface area contributed by atoms with E-state index < -0.39 is 0 Å². The molecule has 0 radical (unpaired) electrons. The van der Waals surface area contributed by atoms with Crippen molar-refractivity contribution in [1.82, 2.24) is 5.32 Å². The van der Waals surface area contributed by atoms with Crippen LogP contribution in [0.2, 0.25) is 0 Å². The summed E-state index contributed by atoms with van der Waals surface area (Å²) in [6.07, 6.45) is 5.35. The van der Waals surface area contributed by atoms with Crippen LogP contribution >= 0.6 is 27.7 Å². The lowest BCUT2D eigenvalue weighted by atomic mass is 9.92. The van der Waals surface area contributed by atoms with Crippen molar-refractivity contribution in [2.45, 2.75) is 24.2 Å². The molecule has 1 aliphatic heterocycles. The van der Waals surface area contributed by atoms with Crippen LogP contribution in [0.1, 0.15) is 18.4 Å². The Kier molecular flexibility index (Phi) is 4.88. The number of piperidine rings is 1. The van der Waals surface area contributed by atoms with Gasteiger partial charge in [-0.05, 0) is 78.2 Å². The molecule has 1 heterocycles. The number of thioether (sulfide) groups is 1. The Bertz CT molecular complexity index is 368. The molecule has 0 spiro atoms. The second-order valence-corrected chi connectivity index (χ2v) is 6.18. The minimum Gasteiger partial charge on any atom is -0.316 e. The predicted octanol–water partition coefficient (Wildman–Crippen LogP) is 3.85. The van der Waals surface area contributed by atoms with Gasteiger partial charge in [-0.15, -0.1) is 11.8 Å². The Morgan fingerprint density at radius 2 is 2.35 bits per heavy atom. The molecule has 2 rings (SSSR count). The van der Waals surface area contributed by atoms with Crippen LogP contribution in [-0.2, 0) is 6.42 Å². The van der Waals surface area contributed by atoms with Crippen molar-refractivity contribution in [3.05, 3.63) is 28.0 Å². The van der Waals surface area contributed by atoms with E-state index in [0.717, 1.165) is 29.5 Å². The first-order chi connectivity index (χ1) is 8.20. The van der Waals surface area contributed by atoms with Gasteiger partial charge in [0.25, 0.3) is 0 Å². The molecule has 1 atom stereocenters. The second-order valence-electron chi connectivity index (χ2n) is 4.51. The number of hydrogen-bond acceptors (Lipinski definition) is 2. The van der Waals surface area contributed by atoms with E-state index in [1.165, 1.54) is 24.6 Å². The fourth-order valence-corrected chi connectivity index (χ4v) is 3.83. The molecule has 94 valence electrons. The van der Waals surface area contributed by atoms with Gasteiger partial charge in [0, 0.05) is 4.47 Å². The highest BCUT2D eigenvalue weighted by molar-refractivity contribution is 9.10. The molecular formula is C13H17BrFNS. The van der Waals surface area contributed by atoms with Crippen molar-refractivity contribution in [3.8, 4) is 0 Å². The number of benzene rings is 1. The number of halogens is 2. The molecule has 1 N–H and O–H groups in total. The van der Waals surface area contributed by atoms with Gasteiger partial charge in [-0.25, -0.2) is 4.39 Å². The summed E-state index contributed by atoms with van der Waals surface area (Å²) in [5, 5.41) is 3.40. The van der Waals surface area contributed by atoms with Gasteiger partial charge in [0.2, 0.25) is 0 Å². The Balaban J connectivity index is 2.10. The van der Waals surface area contributed by atoms with E-state index in [9.17, 15) is 4.39 Å². The summed E-state index contributed by atoms with van der Waals surface area (Å²) < 4.78 is 14.7. The van der Waals surface area contributed by atoms with Crippen LogP contribution in [0, 0.1) is 11.7 Å². The molecule has 1 aromatic carbocycles. The molecule has 0 bridgehead atoms. The SMILES string of the molecule is CSc1c(F)cc(CC2CCCNC2)cc1Br. The summed E-state index contributed by atoms with van der Waals surface area (Å²) in [6.45, 7) is 2.18. The van der Waals surface area contributed by atoms with E-state index in [1.807, 2.05) is 6.26 Å². The first kappa shape index (κ1) is 13.4. The van der Waals surface area contributed by atoms with Crippen molar-refractivity contribution in [1.29, 1.82) is 0 Å². The third kappa shape index (κ3) is 3.46. The maximum atomic E-state index is 13.8. The van der Waals surface area contributed by atoms with Crippen LogP contribution in [0.5, 0.6) is 0 Å². The first-order valence-electron chi connectivity index (χ1n) is 5.93. The van der Waals surface area contributed by atoms with Crippen LogP contribution in [0.4, 0.5) is 4.39 Å². The standard InChI is InChI=1S/C13H17BrFNS/c1-17-13-11(14)6-10(7-12(13)15)5-9-3-2-4-16-8-9/h6-7,9,16H,2-5,8H2,1H3. The van der Waals surface area contributed by atoms with Gasteiger partial charge in [0.15, 0.2) is 0 Å². The number of nitrogens with one attached hydrogen (secondary N) is 1. The Morgan fingerprint density at radius 3 is 2.94 bits per heavy atom. The van der Waals surface area contributed by atoms with Gasteiger partial charge in [-0.3, -0.25) is 0 Å². The van der Waals surface area contributed by atoms with Crippen molar-refractivity contribution in [2.75, 3.05) is 19.3 Å². The summed E-state index contributed by atoms with van der Waals surface area (Å²) in [6, 6.07) is 3.74. The highest BCUT2D eigenvalue weighted by Crippen LogP contribution is 2.31. The summed E-state index contributed by atoms with van der Waals surface area (Å²) in [5.41, 5.74) is 1.10. The van der Waals surface area contributed by atoms with Crippen molar-refractivity contribution in [2.24, 2.45) is 5.92 Å². The third-order valence-corrected chi connectivity index (χ3v) is 4.90. The Morgan fingerprint density at radius 1 is 1.53 bits per heavy atom. The van der Waals surface area contributed by atoms with Crippen LogP contribution in [0.25, 0.3) is 0 Å². The van der Waals surface area contributed by atoms with Gasteiger partial charge < -0.3 is 5.32 Å². The molecule has 0 amide bonds. The molecule has 1 nitrogen and oxygen atoms in total.